The minimum atomic E-state index is -0.113. The van der Waals surface area contributed by atoms with E-state index in [-0.39, 0.29) is 11.5 Å². The molecule has 3 heteroatoms. The van der Waals surface area contributed by atoms with Crippen LogP contribution in [0.1, 0.15) is 22.8 Å². The lowest BCUT2D eigenvalue weighted by Gasteiger charge is -2.04. The number of carbonyl (C=O) groups excluding carboxylic acids is 1. The molecule has 64 valence electrons. The Hall–Kier alpha value is -0.830. The Morgan fingerprint density at radius 1 is 1.50 bits per heavy atom. The van der Waals surface area contributed by atoms with E-state index in [4.69, 9.17) is 0 Å². The van der Waals surface area contributed by atoms with Gasteiger partial charge in [0.2, 0.25) is 0 Å². The normalized spacial score (nSPS) is 9.92. The lowest BCUT2D eigenvalue weighted by atomic mass is 10.0. The van der Waals surface area contributed by atoms with Gasteiger partial charge in [-0.3, -0.25) is 4.79 Å². The largest absolute Gasteiger partial charge is 0.507 e. The standard InChI is InChI=1S/C9H9BrO2/c1-5-3-7(10)4-8(12)9(5)6(2)11/h3-4,12H,1-2H3. The Morgan fingerprint density at radius 2 is 2.08 bits per heavy atom. The van der Waals surface area contributed by atoms with Crippen molar-refractivity contribution in [2.24, 2.45) is 0 Å². The molecule has 0 bridgehead atoms. The second-order valence-corrected chi connectivity index (χ2v) is 3.59. The van der Waals surface area contributed by atoms with Crippen LogP contribution in [0.2, 0.25) is 0 Å². The predicted molar refractivity (Wildman–Crippen MR) is 50.5 cm³/mol. The smallest absolute Gasteiger partial charge is 0.163 e. The SMILES string of the molecule is CC(=O)c1c(C)cc(Br)cc1O. The number of hydrogen-bond donors (Lipinski definition) is 1. The lowest BCUT2D eigenvalue weighted by molar-refractivity contribution is 0.101. The van der Waals surface area contributed by atoms with E-state index in [0.717, 1.165) is 10.0 Å². The van der Waals surface area contributed by atoms with Crippen LogP contribution in [0, 0.1) is 6.92 Å². The van der Waals surface area contributed by atoms with Crippen molar-refractivity contribution in [3.8, 4) is 5.75 Å². The van der Waals surface area contributed by atoms with E-state index in [0.29, 0.717) is 5.56 Å². The maximum atomic E-state index is 11.0. The van der Waals surface area contributed by atoms with Crippen molar-refractivity contribution in [1.29, 1.82) is 0 Å². The van der Waals surface area contributed by atoms with E-state index < -0.39 is 0 Å². The molecule has 0 saturated carbocycles. The number of ketones is 1. The number of carbonyl (C=O) groups is 1. The predicted octanol–water partition coefficient (Wildman–Crippen LogP) is 2.67. The highest BCUT2D eigenvalue weighted by Crippen LogP contribution is 2.26. The second kappa shape index (κ2) is 3.27. The van der Waals surface area contributed by atoms with Crippen LogP contribution in [0.25, 0.3) is 0 Å². The number of aryl methyl sites for hydroxylation is 1. The van der Waals surface area contributed by atoms with Crippen molar-refractivity contribution in [3.05, 3.63) is 27.7 Å². The maximum Gasteiger partial charge on any atom is 0.163 e. The molecule has 0 fully saturated rings. The number of hydrogen-bond acceptors (Lipinski definition) is 2. The fraction of sp³-hybridized carbons (Fsp3) is 0.222. The van der Waals surface area contributed by atoms with Crippen molar-refractivity contribution < 1.29 is 9.90 Å². The topological polar surface area (TPSA) is 37.3 Å². The van der Waals surface area contributed by atoms with Crippen LogP contribution in [0.4, 0.5) is 0 Å². The molecule has 0 unspecified atom stereocenters. The van der Waals surface area contributed by atoms with Gasteiger partial charge in [-0.1, -0.05) is 15.9 Å². The van der Waals surface area contributed by atoms with Gasteiger partial charge in [0.25, 0.3) is 0 Å². The van der Waals surface area contributed by atoms with E-state index in [1.165, 1.54) is 13.0 Å². The fourth-order valence-electron chi connectivity index (χ4n) is 1.18. The minimum absolute atomic E-state index is 0.0365. The number of phenols is 1. The third-order valence-corrected chi connectivity index (χ3v) is 2.09. The van der Waals surface area contributed by atoms with Gasteiger partial charge in [0.1, 0.15) is 5.75 Å². The molecule has 0 atom stereocenters. The molecule has 0 aliphatic carbocycles. The third kappa shape index (κ3) is 1.67. The summed E-state index contributed by atoms with van der Waals surface area (Å²) < 4.78 is 0.780. The zero-order valence-corrected chi connectivity index (χ0v) is 8.47. The van der Waals surface area contributed by atoms with Crippen molar-refractivity contribution in [2.45, 2.75) is 13.8 Å². The van der Waals surface area contributed by atoms with Gasteiger partial charge in [0, 0.05) is 4.47 Å². The lowest BCUT2D eigenvalue weighted by Crippen LogP contribution is -1.96. The molecule has 1 aromatic carbocycles. The Kier molecular flexibility index (Phi) is 2.52. The van der Waals surface area contributed by atoms with Gasteiger partial charge < -0.3 is 5.11 Å². The monoisotopic (exact) mass is 228 g/mol. The first-order chi connectivity index (χ1) is 5.52. The van der Waals surface area contributed by atoms with Crippen molar-refractivity contribution in [1.82, 2.24) is 0 Å². The summed E-state index contributed by atoms with van der Waals surface area (Å²) >= 11 is 3.22. The van der Waals surface area contributed by atoms with Gasteiger partial charge >= 0.3 is 0 Å². The summed E-state index contributed by atoms with van der Waals surface area (Å²) in [4.78, 5) is 11.0. The molecule has 0 heterocycles. The second-order valence-electron chi connectivity index (χ2n) is 2.67. The Balaban J connectivity index is 3.38. The number of rotatable bonds is 1. The molecule has 0 spiro atoms. The molecule has 0 aliphatic heterocycles. The number of Topliss-reactive ketones (excluding diaryl/α,β-unsaturated/α-hetero) is 1. The van der Waals surface area contributed by atoms with E-state index in [9.17, 15) is 9.90 Å². The molecule has 0 radical (unpaired) electrons. The zero-order chi connectivity index (χ0) is 9.30. The first-order valence-electron chi connectivity index (χ1n) is 3.52. The van der Waals surface area contributed by atoms with Gasteiger partial charge in [-0.05, 0) is 31.5 Å². The molecule has 1 rings (SSSR count). The molecule has 2 nitrogen and oxygen atoms in total. The Labute approximate surface area is 79.3 Å². The molecule has 0 saturated heterocycles. The average Bonchev–Trinajstić information content (AvgIpc) is 1.82. The maximum absolute atomic E-state index is 11.0. The van der Waals surface area contributed by atoms with Crippen LogP contribution in [0.3, 0.4) is 0 Å². The van der Waals surface area contributed by atoms with Crippen LogP contribution in [0.5, 0.6) is 5.75 Å². The van der Waals surface area contributed by atoms with Crippen molar-refractivity contribution >= 4 is 21.7 Å². The summed E-state index contributed by atoms with van der Waals surface area (Å²) in [5.74, 6) is -0.0770. The van der Waals surface area contributed by atoms with Gasteiger partial charge in [-0.2, -0.15) is 0 Å². The average molecular weight is 229 g/mol. The van der Waals surface area contributed by atoms with E-state index >= 15 is 0 Å². The molecule has 1 N–H and O–H groups in total. The highest BCUT2D eigenvalue weighted by Gasteiger charge is 2.10. The van der Waals surface area contributed by atoms with Gasteiger partial charge in [0.15, 0.2) is 5.78 Å². The molecule has 0 amide bonds. The zero-order valence-electron chi connectivity index (χ0n) is 6.89. The summed E-state index contributed by atoms with van der Waals surface area (Å²) in [6.45, 7) is 3.23. The van der Waals surface area contributed by atoms with Crippen LogP contribution in [-0.2, 0) is 0 Å². The van der Waals surface area contributed by atoms with E-state index in [2.05, 4.69) is 15.9 Å². The van der Waals surface area contributed by atoms with Crippen LogP contribution in [-0.4, -0.2) is 10.9 Å². The first-order valence-corrected chi connectivity index (χ1v) is 4.31. The summed E-state index contributed by atoms with van der Waals surface area (Å²) in [5, 5.41) is 9.39. The van der Waals surface area contributed by atoms with Crippen molar-refractivity contribution in [3.63, 3.8) is 0 Å². The first kappa shape index (κ1) is 9.26. The Morgan fingerprint density at radius 3 is 2.50 bits per heavy atom. The van der Waals surface area contributed by atoms with Gasteiger partial charge in [-0.25, -0.2) is 0 Å². The quantitative estimate of drug-likeness (QED) is 0.751. The van der Waals surface area contributed by atoms with E-state index in [1.807, 2.05) is 0 Å². The van der Waals surface area contributed by atoms with Crippen molar-refractivity contribution in [2.75, 3.05) is 0 Å². The number of benzene rings is 1. The third-order valence-electron chi connectivity index (χ3n) is 1.63. The number of aromatic hydroxyl groups is 1. The van der Waals surface area contributed by atoms with E-state index in [1.54, 1.807) is 13.0 Å². The number of halogens is 1. The van der Waals surface area contributed by atoms with Gasteiger partial charge in [-0.15, -0.1) is 0 Å². The fourth-order valence-corrected chi connectivity index (χ4v) is 1.74. The summed E-state index contributed by atoms with van der Waals surface area (Å²) in [7, 11) is 0. The van der Waals surface area contributed by atoms with Crippen LogP contribution >= 0.6 is 15.9 Å². The molecular formula is C9H9BrO2. The number of phenolic OH excluding ortho intramolecular Hbond substituents is 1. The molecule has 0 aromatic heterocycles. The highest BCUT2D eigenvalue weighted by atomic mass is 79.9. The van der Waals surface area contributed by atoms with Crippen LogP contribution in [0.15, 0.2) is 16.6 Å². The van der Waals surface area contributed by atoms with Crippen LogP contribution < -0.4 is 0 Å². The molecular weight excluding hydrogens is 220 g/mol. The summed E-state index contributed by atoms with van der Waals surface area (Å²) in [6, 6.07) is 3.32. The summed E-state index contributed by atoms with van der Waals surface area (Å²) in [6.07, 6.45) is 0. The molecule has 12 heavy (non-hydrogen) atoms. The highest BCUT2D eigenvalue weighted by molar-refractivity contribution is 9.10. The molecule has 0 aliphatic rings. The van der Waals surface area contributed by atoms with Gasteiger partial charge in [0.05, 0.1) is 5.56 Å². The molecule has 1 aromatic rings. The Bertz CT molecular complexity index is 308. The summed E-state index contributed by atoms with van der Waals surface area (Å²) in [5.41, 5.74) is 1.19. The minimum Gasteiger partial charge on any atom is -0.507 e.